The summed E-state index contributed by atoms with van der Waals surface area (Å²) >= 11 is 0. The second kappa shape index (κ2) is 2.42. The van der Waals surface area contributed by atoms with E-state index in [4.69, 9.17) is 5.73 Å². The average Bonchev–Trinajstić information content (AvgIpc) is 2.14. The van der Waals surface area contributed by atoms with Crippen LogP contribution in [-0.4, -0.2) is 25.3 Å². The Hall–Kier alpha value is -0.150. The molecule has 3 N–H and O–H groups in total. The number of nitrogens with two attached hydrogens (primary N) is 1. The fourth-order valence-corrected chi connectivity index (χ4v) is 0.949. The van der Waals surface area contributed by atoms with Crippen LogP contribution in [0.4, 0.5) is 4.39 Å². The molecule has 0 unspecified atom stereocenters. The van der Waals surface area contributed by atoms with Crippen molar-refractivity contribution >= 4 is 0 Å². The van der Waals surface area contributed by atoms with Gasteiger partial charge in [-0.15, -0.1) is 0 Å². The molecule has 0 amide bonds. The molecule has 1 heterocycles. The number of hydrogen-bond donors (Lipinski definition) is 2. The molecule has 2 atom stereocenters. The fraction of sp³-hybridized carbons (Fsp3) is 1.00. The molecule has 1 aliphatic rings. The van der Waals surface area contributed by atoms with Gasteiger partial charge in [-0.2, -0.15) is 0 Å². The quantitative estimate of drug-likeness (QED) is 0.493. The molecule has 1 fully saturated rings. The number of halogens is 1. The zero-order valence-electron chi connectivity index (χ0n) is 4.73. The topological polar surface area (TPSA) is 38.0 Å². The van der Waals surface area contributed by atoms with Gasteiger partial charge < -0.3 is 11.1 Å². The average molecular weight is 118 g/mol. The third-order valence-electron chi connectivity index (χ3n) is 1.45. The SMILES string of the molecule is NC[C@@H]1C[C@@H](F)CN1. The lowest BCUT2D eigenvalue weighted by molar-refractivity contribution is 0.355. The van der Waals surface area contributed by atoms with E-state index in [1.807, 2.05) is 0 Å². The summed E-state index contributed by atoms with van der Waals surface area (Å²) in [6, 6.07) is 0.227. The summed E-state index contributed by atoms with van der Waals surface area (Å²) in [6.45, 7) is 1.04. The van der Waals surface area contributed by atoms with E-state index in [0.29, 0.717) is 19.5 Å². The summed E-state index contributed by atoms with van der Waals surface area (Å²) in [7, 11) is 0. The first-order chi connectivity index (χ1) is 3.83. The molecule has 3 heteroatoms. The molecule has 8 heavy (non-hydrogen) atoms. The van der Waals surface area contributed by atoms with Gasteiger partial charge in [-0.05, 0) is 6.42 Å². The van der Waals surface area contributed by atoms with Gasteiger partial charge in [0.2, 0.25) is 0 Å². The van der Waals surface area contributed by atoms with Gasteiger partial charge in [0.1, 0.15) is 6.17 Å². The Morgan fingerprint density at radius 2 is 2.50 bits per heavy atom. The molecule has 0 saturated carbocycles. The third kappa shape index (κ3) is 1.17. The first kappa shape index (κ1) is 5.98. The van der Waals surface area contributed by atoms with E-state index in [2.05, 4.69) is 5.32 Å². The zero-order valence-corrected chi connectivity index (χ0v) is 4.73. The molecular weight excluding hydrogens is 107 g/mol. The molecule has 0 spiro atoms. The van der Waals surface area contributed by atoms with Gasteiger partial charge in [-0.1, -0.05) is 0 Å². The second-order valence-corrected chi connectivity index (χ2v) is 2.17. The van der Waals surface area contributed by atoms with Crippen LogP contribution in [0.25, 0.3) is 0 Å². The number of rotatable bonds is 1. The van der Waals surface area contributed by atoms with Crippen molar-refractivity contribution in [2.75, 3.05) is 13.1 Å². The van der Waals surface area contributed by atoms with Crippen molar-refractivity contribution in [3.05, 3.63) is 0 Å². The maximum atomic E-state index is 12.2. The lowest BCUT2D eigenvalue weighted by Gasteiger charge is -2.02. The van der Waals surface area contributed by atoms with Gasteiger partial charge in [0.05, 0.1) is 0 Å². The van der Waals surface area contributed by atoms with Gasteiger partial charge in [0, 0.05) is 19.1 Å². The molecule has 1 saturated heterocycles. The first-order valence-electron chi connectivity index (χ1n) is 2.90. The summed E-state index contributed by atoms with van der Waals surface area (Å²) in [5.74, 6) is 0. The lowest BCUT2D eigenvalue weighted by Crippen LogP contribution is -2.29. The molecule has 0 radical (unpaired) electrons. The van der Waals surface area contributed by atoms with E-state index in [0.717, 1.165) is 0 Å². The third-order valence-corrected chi connectivity index (χ3v) is 1.45. The summed E-state index contributed by atoms with van der Waals surface area (Å²) in [5.41, 5.74) is 5.27. The van der Waals surface area contributed by atoms with Crippen LogP contribution < -0.4 is 11.1 Å². The van der Waals surface area contributed by atoms with Gasteiger partial charge >= 0.3 is 0 Å². The minimum absolute atomic E-state index is 0.227. The Kier molecular flexibility index (Phi) is 1.81. The van der Waals surface area contributed by atoms with Crippen LogP contribution in [0.15, 0.2) is 0 Å². The van der Waals surface area contributed by atoms with Crippen molar-refractivity contribution in [3.8, 4) is 0 Å². The molecular formula is C5H11FN2. The monoisotopic (exact) mass is 118 g/mol. The van der Waals surface area contributed by atoms with Crippen molar-refractivity contribution in [3.63, 3.8) is 0 Å². The normalized spacial score (nSPS) is 38.2. The van der Waals surface area contributed by atoms with E-state index in [1.54, 1.807) is 0 Å². The molecule has 0 aliphatic carbocycles. The minimum atomic E-state index is -0.663. The predicted octanol–water partition coefficient (Wildman–Crippen LogP) is -0.355. The highest BCUT2D eigenvalue weighted by Gasteiger charge is 2.21. The molecule has 1 rings (SSSR count). The maximum absolute atomic E-state index is 12.2. The van der Waals surface area contributed by atoms with E-state index in [9.17, 15) is 4.39 Å². The Bertz CT molecular complexity index is 76.8. The van der Waals surface area contributed by atoms with Gasteiger partial charge in [-0.25, -0.2) is 4.39 Å². The van der Waals surface area contributed by atoms with Crippen molar-refractivity contribution in [2.24, 2.45) is 5.73 Å². The molecule has 1 aliphatic heterocycles. The van der Waals surface area contributed by atoms with Crippen molar-refractivity contribution in [1.82, 2.24) is 5.32 Å². The van der Waals surface area contributed by atoms with Gasteiger partial charge in [-0.3, -0.25) is 0 Å². The van der Waals surface area contributed by atoms with Gasteiger partial charge in [0.25, 0.3) is 0 Å². The van der Waals surface area contributed by atoms with Crippen LogP contribution in [0, 0.1) is 0 Å². The zero-order chi connectivity index (χ0) is 5.98. The van der Waals surface area contributed by atoms with Crippen molar-refractivity contribution < 1.29 is 4.39 Å². The van der Waals surface area contributed by atoms with Crippen LogP contribution in [0.2, 0.25) is 0 Å². The highest BCUT2D eigenvalue weighted by atomic mass is 19.1. The van der Waals surface area contributed by atoms with E-state index in [-0.39, 0.29) is 6.04 Å². The van der Waals surface area contributed by atoms with E-state index < -0.39 is 6.17 Å². The molecule has 0 aromatic rings. The van der Waals surface area contributed by atoms with Crippen molar-refractivity contribution in [1.29, 1.82) is 0 Å². The van der Waals surface area contributed by atoms with Crippen LogP contribution in [0.5, 0.6) is 0 Å². The van der Waals surface area contributed by atoms with Crippen LogP contribution in [-0.2, 0) is 0 Å². The molecule has 0 bridgehead atoms. The molecule has 2 nitrogen and oxygen atoms in total. The Morgan fingerprint density at radius 3 is 2.75 bits per heavy atom. The molecule has 0 aromatic carbocycles. The Balaban J connectivity index is 2.22. The number of alkyl halides is 1. The highest BCUT2D eigenvalue weighted by Crippen LogP contribution is 2.07. The van der Waals surface area contributed by atoms with E-state index >= 15 is 0 Å². The standard InChI is InChI=1S/C5H11FN2/c6-4-1-5(2-7)8-3-4/h4-5,8H,1-3,7H2/t4-,5+/m1/s1. The summed E-state index contributed by atoms with van der Waals surface area (Å²) in [6.07, 6.45) is -0.0696. The van der Waals surface area contributed by atoms with Crippen LogP contribution in [0.3, 0.4) is 0 Å². The summed E-state index contributed by atoms with van der Waals surface area (Å²) < 4.78 is 12.2. The minimum Gasteiger partial charge on any atom is -0.329 e. The van der Waals surface area contributed by atoms with E-state index in [1.165, 1.54) is 0 Å². The smallest absolute Gasteiger partial charge is 0.114 e. The number of nitrogens with one attached hydrogen (secondary N) is 1. The largest absolute Gasteiger partial charge is 0.329 e. The second-order valence-electron chi connectivity index (χ2n) is 2.17. The predicted molar refractivity (Wildman–Crippen MR) is 30.4 cm³/mol. The molecule has 48 valence electrons. The summed E-state index contributed by atoms with van der Waals surface area (Å²) in [5, 5.41) is 2.96. The van der Waals surface area contributed by atoms with Crippen LogP contribution in [0.1, 0.15) is 6.42 Å². The Morgan fingerprint density at radius 1 is 1.75 bits per heavy atom. The Labute approximate surface area is 48.2 Å². The fourth-order valence-electron chi connectivity index (χ4n) is 0.949. The number of hydrogen-bond acceptors (Lipinski definition) is 2. The highest BCUT2D eigenvalue weighted by molar-refractivity contribution is 4.81. The first-order valence-corrected chi connectivity index (χ1v) is 2.90. The maximum Gasteiger partial charge on any atom is 0.114 e. The van der Waals surface area contributed by atoms with Crippen molar-refractivity contribution in [2.45, 2.75) is 18.6 Å². The van der Waals surface area contributed by atoms with Gasteiger partial charge in [0.15, 0.2) is 0 Å². The summed E-state index contributed by atoms with van der Waals surface area (Å²) in [4.78, 5) is 0. The molecule has 0 aromatic heterocycles. The van der Waals surface area contributed by atoms with Crippen LogP contribution >= 0.6 is 0 Å². The lowest BCUT2D eigenvalue weighted by atomic mass is 10.2.